The smallest absolute Gasteiger partial charge is 0.328 e. The molecule has 2 saturated heterocycles. The number of nitrogens with zero attached hydrogens (tertiary/aromatic N) is 2. The SMILES string of the molecule is COC(=O)C1CCCN1C(=O)C1CCCN(S(C)(=O)=O)C1. The second kappa shape index (κ2) is 6.31. The third-order valence-electron chi connectivity index (χ3n) is 4.21. The molecule has 2 aliphatic rings. The summed E-state index contributed by atoms with van der Waals surface area (Å²) in [6.07, 6.45) is 3.87. The monoisotopic (exact) mass is 318 g/mol. The van der Waals surface area contributed by atoms with Gasteiger partial charge in [-0.3, -0.25) is 4.79 Å². The lowest BCUT2D eigenvalue weighted by atomic mass is 9.97. The molecule has 21 heavy (non-hydrogen) atoms. The van der Waals surface area contributed by atoms with Gasteiger partial charge in [-0.15, -0.1) is 0 Å². The molecule has 7 nitrogen and oxygen atoms in total. The van der Waals surface area contributed by atoms with E-state index >= 15 is 0 Å². The predicted molar refractivity (Wildman–Crippen MR) is 75.9 cm³/mol. The molecule has 120 valence electrons. The summed E-state index contributed by atoms with van der Waals surface area (Å²) in [5, 5.41) is 0. The number of rotatable bonds is 3. The van der Waals surface area contributed by atoms with E-state index in [-0.39, 0.29) is 18.4 Å². The number of esters is 1. The van der Waals surface area contributed by atoms with Gasteiger partial charge in [0.25, 0.3) is 0 Å². The van der Waals surface area contributed by atoms with Gasteiger partial charge < -0.3 is 9.64 Å². The summed E-state index contributed by atoms with van der Waals surface area (Å²) in [6.45, 7) is 1.21. The topological polar surface area (TPSA) is 84.0 Å². The van der Waals surface area contributed by atoms with Gasteiger partial charge in [-0.1, -0.05) is 0 Å². The van der Waals surface area contributed by atoms with Gasteiger partial charge in [0, 0.05) is 19.6 Å². The van der Waals surface area contributed by atoms with E-state index in [1.54, 1.807) is 4.90 Å². The van der Waals surface area contributed by atoms with Crippen molar-refractivity contribution in [1.82, 2.24) is 9.21 Å². The third kappa shape index (κ3) is 3.55. The molecular formula is C13H22N2O5S. The Labute approximate surface area is 125 Å². The summed E-state index contributed by atoms with van der Waals surface area (Å²) in [6, 6.07) is -0.517. The number of hydrogen-bond donors (Lipinski definition) is 0. The number of carbonyl (C=O) groups is 2. The molecule has 0 bridgehead atoms. The van der Waals surface area contributed by atoms with E-state index in [1.807, 2.05) is 0 Å². The van der Waals surface area contributed by atoms with Gasteiger partial charge in [0.05, 0.1) is 19.3 Å². The molecule has 0 saturated carbocycles. The van der Waals surface area contributed by atoms with E-state index in [4.69, 9.17) is 4.74 Å². The first-order valence-corrected chi connectivity index (χ1v) is 9.03. The molecule has 2 atom stereocenters. The summed E-state index contributed by atoms with van der Waals surface area (Å²) in [4.78, 5) is 25.9. The molecule has 0 aromatic heterocycles. The minimum atomic E-state index is -3.28. The van der Waals surface area contributed by atoms with Crippen molar-refractivity contribution < 1.29 is 22.7 Å². The normalized spacial score (nSPS) is 27.6. The van der Waals surface area contributed by atoms with Crippen molar-refractivity contribution in [2.75, 3.05) is 33.0 Å². The Morgan fingerprint density at radius 2 is 1.81 bits per heavy atom. The second-order valence-corrected chi connectivity index (χ2v) is 7.66. The Hall–Kier alpha value is -1.15. The number of piperidine rings is 1. The number of ether oxygens (including phenoxy) is 1. The zero-order valence-corrected chi connectivity index (χ0v) is 13.3. The Bertz CT molecular complexity index is 519. The van der Waals surface area contributed by atoms with Crippen LogP contribution in [0.4, 0.5) is 0 Å². The average molecular weight is 318 g/mol. The van der Waals surface area contributed by atoms with E-state index in [2.05, 4.69) is 0 Å². The fourth-order valence-corrected chi connectivity index (χ4v) is 4.00. The van der Waals surface area contributed by atoms with Crippen molar-refractivity contribution in [3.05, 3.63) is 0 Å². The van der Waals surface area contributed by atoms with Crippen LogP contribution in [0.1, 0.15) is 25.7 Å². The van der Waals surface area contributed by atoms with Crippen molar-refractivity contribution in [2.45, 2.75) is 31.7 Å². The molecule has 0 aromatic rings. The van der Waals surface area contributed by atoms with Crippen LogP contribution in [-0.2, 0) is 24.3 Å². The fraction of sp³-hybridized carbons (Fsp3) is 0.846. The van der Waals surface area contributed by atoms with Gasteiger partial charge >= 0.3 is 5.97 Å². The highest BCUT2D eigenvalue weighted by Gasteiger charge is 2.39. The Kier molecular flexibility index (Phi) is 4.88. The van der Waals surface area contributed by atoms with E-state index in [9.17, 15) is 18.0 Å². The van der Waals surface area contributed by atoms with E-state index < -0.39 is 22.0 Å². The van der Waals surface area contributed by atoms with Crippen LogP contribution in [0.5, 0.6) is 0 Å². The van der Waals surface area contributed by atoms with Gasteiger partial charge in [0.15, 0.2) is 0 Å². The quantitative estimate of drug-likeness (QED) is 0.674. The first kappa shape index (κ1) is 16.2. The summed E-state index contributed by atoms with van der Waals surface area (Å²) >= 11 is 0. The van der Waals surface area contributed by atoms with Crippen LogP contribution >= 0.6 is 0 Å². The molecule has 2 unspecified atom stereocenters. The summed E-state index contributed by atoms with van der Waals surface area (Å²) in [5.74, 6) is -0.883. The minimum absolute atomic E-state index is 0.128. The van der Waals surface area contributed by atoms with E-state index in [1.165, 1.54) is 11.4 Å². The predicted octanol–water partition coefficient (Wildman–Crippen LogP) is -0.178. The average Bonchev–Trinajstić information content (AvgIpc) is 2.94. The largest absolute Gasteiger partial charge is 0.467 e. The zero-order chi connectivity index (χ0) is 15.6. The highest BCUT2D eigenvalue weighted by molar-refractivity contribution is 7.88. The Morgan fingerprint density at radius 1 is 1.14 bits per heavy atom. The van der Waals surface area contributed by atoms with Crippen LogP contribution in [-0.4, -0.2) is 68.5 Å². The fourth-order valence-electron chi connectivity index (χ4n) is 3.09. The van der Waals surface area contributed by atoms with Crippen LogP contribution in [0.3, 0.4) is 0 Å². The van der Waals surface area contributed by atoms with Crippen molar-refractivity contribution in [1.29, 1.82) is 0 Å². The van der Waals surface area contributed by atoms with Crippen molar-refractivity contribution in [3.63, 3.8) is 0 Å². The highest BCUT2D eigenvalue weighted by atomic mass is 32.2. The molecule has 2 heterocycles. The van der Waals surface area contributed by atoms with Gasteiger partial charge in [-0.2, -0.15) is 0 Å². The molecule has 0 N–H and O–H groups in total. The molecule has 2 aliphatic heterocycles. The van der Waals surface area contributed by atoms with Gasteiger partial charge in [-0.05, 0) is 25.7 Å². The molecule has 1 amide bonds. The molecule has 2 rings (SSSR count). The van der Waals surface area contributed by atoms with Gasteiger partial charge in [0.1, 0.15) is 6.04 Å². The Balaban J connectivity index is 2.07. The molecule has 0 spiro atoms. The maximum Gasteiger partial charge on any atom is 0.328 e. The zero-order valence-electron chi connectivity index (χ0n) is 12.4. The third-order valence-corrected chi connectivity index (χ3v) is 5.48. The highest BCUT2D eigenvalue weighted by Crippen LogP contribution is 2.26. The number of amides is 1. The molecule has 0 aliphatic carbocycles. The number of hydrogen-bond acceptors (Lipinski definition) is 5. The molecule has 0 aromatic carbocycles. The summed E-state index contributed by atoms with van der Waals surface area (Å²) in [7, 11) is -1.96. The maximum absolute atomic E-state index is 12.6. The number of methoxy groups -OCH3 is 1. The van der Waals surface area contributed by atoms with Crippen LogP contribution in [0, 0.1) is 5.92 Å². The lowest BCUT2D eigenvalue weighted by Gasteiger charge is -2.33. The van der Waals surface area contributed by atoms with Crippen molar-refractivity contribution in [2.24, 2.45) is 5.92 Å². The molecule has 0 radical (unpaired) electrons. The number of sulfonamides is 1. The first-order valence-electron chi connectivity index (χ1n) is 7.18. The van der Waals surface area contributed by atoms with Gasteiger partial charge in [-0.25, -0.2) is 17.5 Å². The lowest BCUT2D eigenvalue weighted by Crippen LogP contribution is -2.49. The lowest BCUT2D eigenvalue weighted by molar-refractivity contribution is -0.152. The van der Waals surface area contributed by atoms with Gasteiger partial charge in [0.2, 0.25) is 15.9 Å². The number of likely N-dealkylation sites (tertiary alicyclic amines) is 1. The summed E-state index contributed by atoms with van der Waals surface area (Å²) < 4.78 is 29.3. The maximum atomic E-state index is 12.6. The molecular weight excluding hydrogens is 296 g/mol. The second-order valence-electron chi connectivity index (χ2n) is 5.67. The standard InChI is InChI=1S/C13H22N2O5S/c1-20-13(17)11-6-4-8-15(11)12(16)10-5-3-7-14(9-10)21(2,18)19/h10-11H,3-9H2,1-2H3. The van der Waals surface area contributed by atoms with E-state index in [0.29, 0.717) is 32.4 Å². The molecule has 2 fully saturated rings. The Morgan fingerprint density at radius 3 is 2.43 bits per heavy atom. The number of carbonyl (C=O) groups excluding carboxylic acids is 2. The minimum Gasteiger partial charge on any atom is -0.467 e. The molecule has 8 heteroatoms. The summed E-state index contributed by atoms with van der Waals surface area (Å²) in [5.41, 5.74) is 0. The van der Waals surface area contributed by atoms with Crippen LogP contribution < -0.4 is 0 Å². The van der Waals surface area contributed by atoms with Crippen LogP contribution in [0.15, 0.2) is 0 Å². The van der Waals surface area contributed by atoms with E-state index in [0.717, 1.165) is 12.7 Å². The van der Waals surface area contributed by atoms with Crippen molar-refractivity contribution in [3.8, 4) is 0 Å². The van der Waals surface area contributed by atoms with Crippen molar-refractivity contribution >= 4 is 21.9 Å². The van der Waals surface area contributed by atoms with Crippen LogP contribution in [0.25, 0.3) is 0 Å². The van der Waals surface area contributed by atoms with Crippen LogP contribution in [0.2, 0.25) is 0 Å². The first-order chi connectivity index (χ1) is 9.84.